The van der Waals surface area contributed by atoms with E-state index in [9.17, 15) is 9.90 Å². The maximum atomic E-state index is 10.9. The number of carboxylic acids is 1. The lowest BCUT2D eigenvalue weighted by Crippen LogP contribution is -2.10. The second-order valence-electron chi connectivity index (χ2n) is 4.49. The van der Waals surface area contributed by atoms with Crippen molar-refractivity contribution in [2.24, 2.45) is 0 Å². The predicted octanol–water partition coefficient (Wildman–Crippen LogP) is 2.99. The van der Waals surface area contributed by atoms with Gasteiger partial charge in [0.2, 0.25) is 0 Å². The fraction of sp³-hybridized carbons (Fsp3) is 0.308. The Labute approximate surface area is 109 Å². The summed E-state index contributed by atoms with van der Waals surface area (Å²) in [7, 11) is 0. The first kappa shape index (κ1) is 12.9. The molecular formula is C13H14ClNO3. The van der Waals surface area contributed by atoms with E-state index in [0.29, 0.717) is 16.0 Å². The van der Waals surface area contributed by atoms with Crippen molar-refractivity contribution >= 4 is 28.5 Å². The Hall–Kier alpha value is -1.52. The molecule has 0 fully saturated rings. The van der Waals surface area contributed by atoms with Gasteiger partial charge < -0.3 is 14.8 Å². The van der Waals surface area contributed by atoms with Crippen LogP contribution in [-0.2, 0) is 4.79 Å². The molecule has 2 N–H and O–H groups in total. The quantitative estimate of drug-likeness (QED) is 0.899. The Kier molecular flexibility index (Phi) is 3.32. The fourth-order valence-electron chi connectivity index (χ4n) is 2.03. The molecule has 2 rings (SSSR count). The summed E-state index contributed by atoms with van der Waals surface area (Å²) in [5.41, 5.74) is 1.23. The normalized spacial score (nSPS) is 13.2. The average Bonchev–Trinajstić information content (AvgIpc) is 2.66. The van der Waals surface area contributed by atoms with Gasteiger partial charge in [0.25, 0.3) is 0 Å². The van der Waals surface area contributed by atoms with Gasteiger partial charge in [-0.2, -0.15) is 0 Å². The minimum Gasteiger partial charge on any atom is -0.479 e. The third kappa shape index (κ3) is 2.09. The van der Waals surface area contributed by atoms with Crippen LogP contribution in [0.25, 0.3) is 10.9 Å². The Bertz CT molecular complexity index is 604. The first-order valence-electron chi connectivity index (χ1n) is 5.62. The van der Waals surface area contributed by atoms with Crippen molar-refractivity contribution < 1.29 is 15.0 Å². The molecule has 96 valence electrons. The van der Waals surface area contributed by atoms with Crippen molar-refractivity contribution in [3.05, 3.63) is 35.0 Å². The highest BCUT2D eigenvalue weighted by atomic mass is 35.5. The van der Waals surface area contributed by atoms with Gasteiger partial charge >= 0.3 is 5.97 Å². The molecule has 0 amide bonds. The van der Waals surface area contributed by atoms with E-state index in [2.05, 4.69) is 0 Å². The summed E-state index contributed by atoms with van der Waals surface area (Å²) in [5, 5.41) is 19.8. The van der Waals surface area contributed by atoms with Gasteiger partial charge in [-0.25, -0.2) is 4.79 Å². The number of hydrogen-bond donors (Lipinski definition) is 2. The van der Waals surface area contributed by atoms with Crippen molar-refractivity contribution in [3.8, 4) is 0 Å². The van der Waals surface area contributed by atoms with Gasteiger partial charge in [-0.1, -0.05) is 11.6 Å². The van der Waals surface area contributed by atoms with Gasteiger partial charge in [-0.3, -0.25) is 0 Å². The highest BCUT2D eigenvalue weighted by Crippen LogP contribution is 2.31. The Morgan fingerprint density at radius 2 is 2.06 bits per heavy atom. The number of hydrogen-bond acceptors (Lipinski definition) is 2. The molecule has 18 heavy (non-hydrogen) atoms. The lowest BCUT2D eigenvalue weighted by atomic mass is 10.1. The van der Waals surface area contributed by atoms with E-state index in [1.165, 1.54) is 0 Å². The zero-order valence-electron chi connectivity index (χ0n) is 10.1. The molecule has 1 atom stereocenters. The molecule has 5 heteroatoms. The lowest BCUT2D eigenvalue weighted by molar-refractivity contribution is -0.146. The van der Waals surface area contributed by atoms with E-state index in [0.717, 1.165) is 5.52 Å². The number of rotatable bonds is 3. The summed E-state index contributed by atoms with van der Waals surface area (Å²) in [4.78, 5) is 10.9. The summed E-state index contributed by atoms with van der Waals surface area (Å²) in [6.07, 6.45) is 0.135. The van der Waals surface area contributed by atoms with Crippen molar-refractivity contribution in [3.63, 3.8) is 0 Å². The van der Waals surface area contributed by atoms with E-state index in [-0.39, 0.29) is 6.04 Å². The van der Waals surface area contributed by atoms with Crippen LogP contribution in [0.5, 0.6) is 0 Å². The highest BCUT2D eigenvalue weighted by Gasteiger charge is 2.22. The second-order valence-corrected chi connectivity index (χ2v) is 4.92. The number of aromatic nitrogens is 1. The van der Waals surface area contributed by atoms with Crippen LogP contribution in [-0.4, -0.2) is 20.7 Å². The zero-order valence-corrected chi connectivity index (χ0v) is 10.8. The summed E-state index contributed by atoms with van der Waals surface area (Å²) < 4.78 is 1.92. The van der Waals surface area contributed by atoms with Crippen molar-refractivity contribution in [2.75, 3.05) is 0 Å². The molecule has 1 aromatic heterocycles. The summed E-state index contributed by atoms with van der Waals surface area (Å²) in [6.45, 7) is 3.98. The van der Waals surface area contributed by atoms with Crippen LogP contribution in [0.1, 0.15) is 31.6 Å². The number of benzene rings is 1. The monoisotopic (exact) mass is 267 g/mol. The van der Waals surface area contributed by atoms with Gasteiger partial charge in [0, 0.05) is 33.7 Å². The first-order valence-corrected chi connectivity index (χ1v) is 6.00. The smallest absolute Gasteiger partial charge is 0.337 e. The van der Waals surface area contributed by atoms with Gasteiger partial charge in [-0.05, 0) is 32.0 Å². The third-order valence-corrected chi connectivity index (χ3v) is 3.15. The Balaban J connectivity index is 2.73. The van der Waals surface area contributed by atoms with E-state index in [4.69, 9.17) is 16.7 Å². The molecule has 2 aromatic rings. The summed E-state index contributed by atoms with van der Waals surface area (Å²) >= 11 is 5.93. The molecule has 0 radical (unpaired) electrons. The minimum atomic E-state index is -1.54. The minimum absolute atomic E-state index is 0.170. The van der Waals surface area contributed by atoms with E-state index in [1.54, 1.807) is 18.3 Å². The van der Waals surface area contributed by atoms with Crippen LogP contribution in [0.4, 0.5) is 0 Å². The first-order chi connectivity index (χ1) is 8.41. The number of fused-ring (bicyclic) bond motifs is 1. The maximum absolute atomic E-state index is 10.9. The number of nitrogens with zero attached hydrogens (tertiary/aromatic N) is 1. The molecule has 1 aromatic carbocycles. The van der Waals surface area contributed by atoms with Gasteiger partial charge in [0.15, 0.2) is 6.10 Å². The molecule has 1 unspecified atom stereocenters. The standard InChI is InChI=1S/C13H14ClNO3/c1-7(2)15-6-10(12(16)13(17)18)9-5-8(14)3-4-11(9)15/h3-7,12,16H,1-2H3,(H,17,18). The van der Waals surface area contributed by atoms with Crippen LogP contribution in [0.2, 0.25) is 5.02 Å². The van der Waals surface area contributed by atoms with Gasteiger partial charge in [0.1, 0.15) is 0 Å². The average molecular weight is 268 g/mol. The van der Waals surface area contributed by atoms with E-state index < -0.39 is 12.1 Å². The Morgan fingerprint density at radius 3 is 2.61 bits per heavy atom. The Morgan fingerprint density at radius 1 is 1.39 bits per heavy atom. The number of carbonyl (C=O) groups is 1. The number of aliphatic hydroxyl groups is 1. The molecule has 0 aliphatic carbocycles. The van der Waals surface area contributed by atoms with Crippen LogP contribution >= 0.6 is 11.6 Å². The zero-order chi connectivity index (χ0) is 13.4. The molecule has 1 heterocycles. The summed E-state index contributed by atoms with van der Waals surface area (Å²) in [6, 6.07) is 5.43. The number of aliphatic carboxylic acids is 1. The second kappa shape index (κ2) is 4.63. The van der Waals surface area contributed by atoms with Crippen molar-refractivity contribution in [1.82, 2.24) is 4.57 Å². The van der Waals surface area contributed by atoms with Gasteiger partial charge in [-0.15, -0.1) is 0 Å². The van der Waals surface area contributed by atoms with E-state index in [1.807, 2.05) is 24.5 Å². The highest BCUT2D eigenvalue weighted by molar-refractivity contribution is 6.31. The lowest BCUT2D eigenvalue weighted by Gasteiger charge is -2.08. The van der Waals surface area contributed by atoms with Crippen molar-refractivity contribution in [2.45, 2.75) is 26.0 Å². The number of halogens is 1. The van der Waals surface area contributed by atoms with Crippen LogP contribution in [0.15, 0.2) is 24.4 Å². The third-order valence-electron chi connectivity index (χ3n) is 2.91. The van der Waals surface area contributed by atoms with Crippen LogP contribution < -0.4 is 0 Å². The molecular weight excluding hydrogens is 254 g/mol. The molecule has 0 bridgehead atoms. The van der Waals surface area contributed by atoms with Crippen LogP contribution in [0.3, 0.4) is 0 Å². The largest absolute Gasteiger partial charge is 0.479 e. The van der Waals surface area contributed by atoms with Crippen LogP contribution in [0, 0.1) is 0 Å². The molecule has 4 nitrogen and oxygen atoms in total. The fourth-order valence-corrected chi connectivity index (χ4v) is 2.20. The number of carboxylic acid groups (broad SMARTS) is 1. The molecule has 0 saturated heterocycles. The van der Waals surface area contributed by atoms with Crippen molar-refractivity contribution in [1.29, 1.82) is 0 Å². The van der Waals surface area contributed by atoms with E-state index >= 15 is 0 Å². The number of aliphatic hydroxyl groups excluding tert-OH is 1. The summed E-state index contributed by atoms with van der Waals surface area (Å²) in [5.74, 6) is -1.27. The predicted molar refractivity (Wildman–Crippen MR) is 69.9 cm³/mol. The molecule has 0 saturated carbocycles. The topological polar surface area (TPSA) is 62.5 Å². The maximum Gasteiger partial charge on any atom is 0.337 e. The molecule has 0 aliphatic heterocycles. The molecule has 0 spiro atoms. The SMILES string of the molecule is CC(C)n1cc(C(O)C(=O)O)c2cc(Cl)ccc21. The molecule has 0 aliphatic rings. The van der Waals surface area contributed by atoms with Gasteiger partial charge in [0.05, 0.1) is 0 Å².